The van der Waals surface area contributed by atoms with E-state index in [0.29, 0.717) is 17.7 Å². The van der Waals surface area contributed by atoms with E-state index in [9.17, 15) is 0 Å². The Hall–Kier alpha value is -1.56. The van der Waals surface area contributed by atoms with E-state index >= 15 is 0 Å². The summed E-state index contributed by atoms with van der Waals surface area (Å²) in [5.74, 6) is 6.68. The standard InChI is InChI=1S/C9H18N6/c1-3-6(4-2)12-7-5-8(15-11)14-9(10)13-7/h5-6H,3-4,11H2,1-2H3,(H4,10,12,13,14,15). The van der Waals surface area contributed by atoms with Crippen LogP contribution in [0.15, 0.2) is 6.07 Å². The molecule has 0 aliphatic rings. The van der Waals surface area contributed by atoms with Crippen molar-refractivity contribution in [3.05, 3.63) is 6.07 Å². The summed E-state index contributed by atoms with van der Waals surface area (Å²) in [5, 5.41) is 3.27. The highest BCUT2D eigenvalue weighted by molar-refractivity contribution is 5.50. The van der Waals surface area contributed by atoms with Crippen LogP contribution in [0.1, 0.15) is 26.7 Å². The third-order valence-electron chi connectivity index (χ3n) is 2.23. The molecule has 0 aromatic carbocycles. The van der Waals surface area contributed by atoms with Gasteiger partial charge in [-0.15, -0.1) is 0 Å². The Balaban J connectivity index is 2.79. The number of nitrogen functional groups attached to an aromatic ring is 2. The molecule has 0 unspecified atom stereocenters. The molecular weight excluding hydrogens is 192 g/mol. The number of aromatic nitrogens is 2. The molecule has 0 saturated heterocycles. The molecule has 1 aromatic rings. The van der Waals surface area contributed by atoms with Crippen molar-refractivity contribution in [2.24, 2.45) is 5.84 Å². The molecule has 6 nitrogen and oxygen atoms in total. The molecule has 0 aliphatic carbocycles. The first-order valence-electron chi connectivity index (χ1n) is 5.07. The number of anilines is 3. The molecule has 0 amide bonds. The zero-order valence-electron chi connectivity index (χ0n) is 9.12. The largest absolute Gasteiger partial charge is 0.368 e. The molecule has 1 heterocycles. The van der Waals surface area contributed by atoms with Crippen molar-refractivity contribution in [1.82, 2.24) is 9.97 Å². The van der Waals surface area contributed by atoms with Crippen LogP contribution in [-0.2, 0) is 0 Å². The molecule has 0 fully saturated rings. The summed E-state index contributed by atoms with van der Waals surface area (Å²) in [5.41, 5.74) is 7.98. The van der Waals surface area contributed by atoms with Crippen LogP contribution < -0.4 is 22.3 Å². The van der Waals surface area contributed by atoms with Crippen LogP contribution in [0.4, 0.5) is 17.6 Å². The van der Waals surface area contributed by atoms with E-state index in [2.05, 4.69) is 34.6 Å². The molecule has 0 spiro atoms. The average molecular weight is 210 g/mol. The molecule has 84 valence electrons. The maximum atomic E-state index is 5.54. The number of rotatable bonds is 5. The molecule has 6 heteroatoms. The predicted molar refractivity (Wildman–Crippen MR) is 62.2 cm³/mol. The van der Waals surface area contributed by atoms with E-state index in [1.165, 1.54) is 0 Å². The Morgan fingerprint density at radius 1 is 1.27 bits per heavy atom. The van der Waals surface area contributed by atoms with Crippen LogP contribution in [0.25, 0.3) is 0 Å². The molecular formula is C9H18N6. The second-order valence-corrected chi connectivity index (χ2v) is 3.30. The van der Waals surface area contributed by atoms with Gasteiger partial charge in [-0.05, 0) is 12.8 Å². The van der Waals surface area contributed by atoms with E-state index in [0.717, 1.165) is 12.8 Å². The van der Waals surface area contributed by atoms with Gasteiger partial charge in [0, 0.05) is 12.1 Å². The zero-order valence-corrected chi connectivity index (χ0v) is 9.12. The Bertz CT molecular complexity index is 309. The van der Waals surface area contributed by atoms with E-state index in [1.54, 1.807) is 6.07 Å². The van der Waals surface area contributed by atoms with Gasteiger partial charge in [0.05, 0.1) is 0 Å². The highest BCUT2D eigenvalue weighted by Gasteiger charge is 2.06. The zero-order chi connectivity index (χ0) is 11.3. The quantitative estimate of drug-likeness (QED) is 0.426. The van der Waals surface area contributed by atoms with Gasteiger partial charge in [0.2, 0.25) is 5.95 Å². The highest BCUT2D eigenvalue weighted by Crippen LogP contribution is 2.14. The van der Waals surface area contributed by atoms with Gasteiger partial charge in [-0.1, -0.05) is 13.8 Å². The molecule has 1 aromatic heterocycles. The summed E-state index contributed by atoms with van der Waals surface area (Å²) >= 11 is 0. The van der Waals surface area contributed by atoms with Crippen molar-refractivity contribution >= 4 is 17.6 Å². The minimum Gasteiger partial charge on any atom is -0.368 e. The average Bonchev–Trinajstić information content (AvgIpc) is 2.25. The van der Waals surface area contributed by atoms with Crippen molar-refractivity contribution in [2.75, 3.05) is 16.5 Å². The van der Waals surface area contributed by atoms with E-state index in [4.69, 9.17) is 11.6 Å². The Morgan fingerprint density at radius 2 is 1.87 bits per heavy atom. The first-order chi connectivity index (χ1) is 7.19. The van der Waals surface area contributed by atoms with Crippen molar-refractivity contribution in [1.29, 1.82) is 0 Å². The molecule has 0 radical (unpaired) electrons. The van der Waals surface area contributed by atoms with Gasteiger partial charge in [0.1, 0.15) is 11.6 Å². The number of hydrazine groups is 1. The number of nitrogens with two attached hydrogens (primary N) is 2. The fraction of sp³-hybridized carbons (Fsp3) is 0.556. The van der Waals surface area contributed by atoms with Crippen LogP contribution in [-0.4, -0.2) is 16.0 Å². The highest BCUT2D eigenvalue weighted by atomic mass is 15.3. The number of hydrogen-bond donors (Lipinski definition) is 4. The third-order valence-corrected chi connectivity index (χ3v) is 2.23. The molecule has 0 bridgehead atoms. The number of nitrogens with zero attached hydrogens (tertiary/aromatic N) is 2. The summed E-state index contributed by atoms with van der Waals surface area (Å²) in [4.78, 5) is 7.98. The molecule has 0 saturated carbocycles. The van der Waals surface area contributed by atoms with Gasteiger partial charge in [-0.25, -0.2) is 5.84 Å². The fourth-order valence-corrected chi connectivity index (χ4v) is 1.32. The Morgan fingerprint density at radius 3 is 2.40 bits per heavy atom. The lowest BCUT2D eigenvalue weighted by molar-refractivity contribution is 0.668. The van der Waals surface area contributed by atoms with E-state index in [1.807, 2.05) is 0 Å². The van der Waals surface area contributed by atoms with Gasteiger partial charge in [0.15, 0.2) is 0 Å². The van der Waals surface area contributed by atoms with Crippen molar-refractivity contribution in [2.45, 2.75) is 32.7 Å². The van der Waals surface area contributed by atoms with Gasteiger partial charge in [-0.2, -0.15) is 9.97 Å². The Kier molecular flexibility index (Phi) is 4.11. The van der Waals surface area contributed by atoms with Crippen molar-refractivity contribution in [3.8, 4) is 0 Å². The lowest BCUT2D eigenvalue weighted by Gasteiger charge is -2.15. The normalized spacial score (nSPS) is 10.4. The monoisotopic (exact) mass is 210 g/mol. The van der Waals surface area contributed by atoms with E-state index < -0.39 is 0 Å². The minimum atomic E-state index is 0.207. The minimum absolute atomic E-state index is 0.207. The smallest absolute Gasteiger partial charge is 0.223 e. The number of nitrogens with one attached hydrogen (secondary N) is 2. The van der Waals surface area contributed by atoms with E-state index in [-0.39, 0.29) is 5.95 Å². The van der Waals surface area contributed by atoms with Crippen LogP contribution in [0, 0.1) is 0 Å². The van der Waals surface area contributed by atoms with Gasteiger partial charge < -0.3 is 16.5 Å². The molecule has 1 rings (SSSR count). The lowest BCUT2D eigenvalue weighted by atomic mass is 10.2. The van der Waals surface area contributed by atoms with Crippen LogP contribution in [0.2, 0.25) is 0 Å². The second kappa shape index (κ2) is 5.35. The SMILES string of the molecule is CCC(CC)Nc1cc(NN)nc(N)n1. The lowest BCUT2D eigenvalue weighted by Crippen LogP contribution is -2.19. The van der Waals surface area contributed by atoms with Crippen LogP contribution in [0.5, 0.6) is 0 Å². The topological polar surface area (TPSA) is 102 Å². The second-order valence-electron chi connectivity index (χ2n) is 3.30. The van der Waals surface area contributed by atoms with Gasteiger partial charge >= 0.3 is 0 Å². The summed E-state index contributed by atoms with van der Waals surface area (Å²) in [7, 11) is 0. The Labute approximate surface area is 89.4 Å². The van der Waals surface area contributed by atoms with Crippen LogP contribution in [0.3, 0.4) is 0 Å². The summed E-state index contributed by atoms with van der Waals surface area (Å²) in [6.45, 7) is 4.24. The summed E-state index contributed by atoms with van der Waals surface area (Å²) in [6, 6.07) is 2.12. The maximum Gasteiger partial charge on any atom is 0.223 e. The first kappa shape index (κ1) is 11.5. The predicted octanol–water partition coefficient (Wildman–Crippen LogP) is 0.945. The van der Waals surface area contributed by atoms with Crippen LogP contribution >= 0.6 is 0 Å². The van der Waals surface area contributed by atoms with Gasteiger partial charge in [0.25, 0.3) is 0 Å². The molecule has 0 atom stereocenters. The first-order valence-corrected chi connectivity index (χ1v) is 5.07. The van der Waals surface area contributed by atoms with Gasteiger partial charge in [-0.3, -0.25) is 0 Å². The molecule has 6 N–H and O–H groups in total. The molecule has 0 aliphatic heterocycles. The third kappa shape index (κ3) is 3.25. The fourth-order valence-electron chi connectivity index (χ4n) is 1.32. The number of hydrogen-bond acceptors (Lipinski definition) is 6. The molecule has 15 heavy (non-hydrogen) atoms. The summed E-state index contributed by atoms with van der Waals surface area (Å²) < 4.78 is 0. The van der Waals surface area contributed by atoms with Crippen molar-refractivity contribution in [3.63, 3.8) is 0 Å². The van der Waals surface area contributed by atoms with Crippen molar-refractivity contribution < 1.29 is 0 Å². The maximum absolute atomic E-state index is 5.54. The summed E-state index contributed by atoms with van der Waals surface area (Å²) in [6.07, 6.45) is 2.07.